The molecule has 156 valence electrons. The smallest absolute Gasteiger partial charge is 0.254 e. The molecule has 0 spiro atoms. The van der Waals surface area contributed by atoms with Crippen molar-refractivity contribution < 1.29 is 18.8 Å². The molecule has 2 aromatic carbocycles. The van der Waals surface area contributed by atoms with E-state index in [9.17, 15) is 4.79 Å². The van der Waals surface area contributed by atoms with Crippen LogP contribution in [0, 0.1) is 6.92 Å². The molecule has 1 amide bonds. The summed E-state index contributed by atoms with van der Waals surface area (Å²) in [5, 5.41) is 4.15. The third kappa shape index (κ3) is 3.87. The van der Waals surface area contributed by atoms with E-state index in [1.165, 1.54) is 0 Å². The number of piperidine rings is 1. The number of benzene rings is 2. The number of aryl methyl sites for hydroxylation is 1. The fraction of sp³-hybridized carbons (Fsp3) is 0.348. The summed E-state index contributed by atoms with van der Waals surface area (Å²) in [7, 11) is 3.18. The molecule has 1 aliphatic heterocycles. The summed E-state index contributed by atoms with van der Waals surface area (Å²) < 4.78 is 16.2. The largest absolute Gasteiger partial charge is 0.493 e. The molecule has 0 N–H and O–H groups in total. The monoisotopic (exact) mass is 407 g/mol. The Bertz CT molecular complexity index is 1050. The number of likely N-dealkylation sites (tertiary alicyclic amines) is 1. The minimum atomic E-state index is 0.0214. The van der Waals surface area contributed by atoms with Gasteiger partial charge in [-0.1, -0.05) is 23.4 Å². The Morgan fingerprint density at radius 3 is 2.70 bits per heavy atom. The lowest BCUT2D eigenvalue weighted by Crippen LogP contribution is -2.39. The first-order valence-electron chi connectivity index (χ1n) is 10.0. The molecule has 7 nitrogen and oxygen atoms in total. The molecule has 1 fully saturated rings. The van der Waals surface area contributed by atoms with Gasteiger partial charge in [0.2, 0.25) is 11.7 Å². The van der Waals surface area contributed by atoms with Gasteiger partial charge in [0, 0.05) is 24.2 Å². The first-order valence-corrected chi connectivity index (χ1v) is 10.0. The number of hydrogen-bond donors (Lipinski definition) is 0. The zero-order valence-electron chi connectivity index (χ0n) is 17.4. The van der Waals surface area contributed by atoms with Gasteiger partial charge in [0.25, 0.3) is 5.91 Å². The average Bonchev–Trinajstić information content (AvgIpc) is 3.29. The Kier molecular flexibility index (Phi) is 5.70. The number of carbonyl (C=O) groups excluding carboxylic acids is 1. The molecule has 3 aromatic rings. The van der Waals surface area contributed by atoms with Crippen LogP contribution < -0.4 is 9.47 Å². The minimum absolute atomic E-state index is 0.0214. The van der Waals surface area contributed by atoms with Crippen LogP contribution in [0.4, 0.5) is 0 Å². The molecule has 1 aliphatic rings. The molecule has 0 saturated carbocycles. The first kappa shape index (κ1) is 19.9. The van der Waals surface area contributed by atoms with Crippen LogP contribution in [0.5, 0.6) is 11.5 Å². The second-order valence-corrected chi connectivity index (χ2v) is 7.43. The Balaban J connectivity index is 1.52. The molecule has 1 atom stereocenters. The van der Waals surface area contributed by atoms with E-state index < -0.39 is 0 Å². The number of rotatable bonds is 5. The van der Waals surface area contributed by atoms with Gasteiger partial charge in [0.15, 0.2) is 11.5 Å². The van der Waals surface area contributed by atoms with E-state index in [0.717, 1.165) is 36.1 Å². The van der Waals surface area contributed by atoms with Gasteiger partial charge in [-0.2, -0.15) is 4.98 Å². The highest BCUT2D eigenvalue weighted by Crippen LogP contribution is 2.33. The summed E-state index contributed by atoms with van der Waals surface area (Å²) in [4.78, 5) is 19.5. The summed E-state index contributed by atoms with van der Waals surface area (Å²) in [6.45, 7) is 3.27. The van der Waals surface area contributed by atoms with Gasteiger partial charge in [0.05, 0.1) is 20.1 Å². The number of nitrogens with zero attached hydrogens (tertiary/aromatic N) is 3. The van der Waals surface area contributed by atoms with Crippen LogP contribution in [-0.4, -0.2) is 48.3 Å². The highest BCUT2D eigenvalue weighted by atomic mass is 16.5. The molecular weight excluding hydrogens is 382 g/mol. The van der Waals surface area contributed by atoms with Crippen LogP contribution >= 0.6 is 0 Å². The summed E-state index contributed by atoms with van der Waals surface area (Å²) in [6.07, 6.45) is 1.81. The zero-order chi connectivity index (χ0) is 21.1. The van der Waals surface area contributed by atoms with Crippen molar-refractivity contribution in [2.45, 2.75) is 25.7 Å². The van der Waals surface area contributed by atoms with Gasteiger partial charge < -0.3 is 18.9 Å². The number of ether oxygens (including phenoxy) is 2. The van der Waals surface area contributed by atoms with Crippen LogP contribution in [-0.2, 0) is 0 Å². The Morgan fingerprint density at radius 2 is 1.93 bits per heavy atom. The van der Waals surface area contributed by atoms with E-state index in [2.05, 4.69) is 10.1 Å². The van der Waals surface area contributed by atoms with E-state index in [0.29, 0.717) is 29.8 Å². The summed E-state index contributed by atoms with van der Waals surface area (Å²) in [5.41, 5.74) is 2.51. The van der Waals surface area contributed by atoms with E-state index in [1.807, 2.05) is 54.3 Å². The maximum Gasteiger partial charge on any atom is 0.254 e. The fourth-order valence-electron chi connectivity index (χ4n) is 3.84. The molecule has 1 unspecified atom stereocenters. The molecular formula is C23H25N3O4. The van der Waals surface area contributed by atoms with Gasteiger partial charge in [-0.05, 0) is 49.6 Å². The predicted molar refractivity (Wildman–Crippen MR) is 112 cm³/mol. The van der Waals surface area contributed by atoms with Crippen molar-refractivity contribution in [3.05, 3.63) is 59.5 Å². The second kappa shape index (κ2) is 8.57. The average molecular weight is 407 g/mol. The van der Waals surface area contributed by atoms with Gasteiger partial charge in [0.1, 0.15) is 0 Å². The normalized spacial score (nSPS) is 16.4. The fourth-order valence-corrected chi connectivity index (χ4v) is 3.84. The Hall–Kier alpha value is -3.35. The van der Waals surface area contributed by atoms with Crippen LogP contribution in [0.2, 0.25) is 0 Å². The summed E-state index contributed by atoms with van der Waals surface area (Å²) in [5.74, 6) is 2.37. The number of aromatic nitrogens is 2. The number of carbonyl (C=O) groups is 1. The highest BCUT2D eigenvalue weighted by molar-refractivity contribution is 5.95. The van der Waals surface area contributed by atoms with Gasteiger partial charge >= 0.3 is 0 Å². The maximum absolute atomic E-state index is 13.0. The predicted octanol–water partition coefficient (Wildman–Crippen LogP) is 4.08. The van der Waals surface area contributed by atoms with Crippen LogP contribution in [0.3, 0.4) is 0 Å². The van der Waals surface area contributed by atoms with Crippen molar-refractivity contribution in [1.29, 1.82) is 0 Å². The van der Waals surface area contributed by atoms with E-state index in [4.69, 9.17) is 14.0 Å². The van der Waals surface area contributed by atoms with Crippen molar-refractivity contribution in [2.75, 3.05) is 27.3 Å². The molecule has 1 saturated heterocycles. The third-order valence-electron chi connectivity index (χ3n) is 5.52. The van der Waals surface area contributed by atoms with E-state index in [1.54, 1.807) is 14.2 Å². The Morgan fingerprint density at radius 1 is 1.13 bits per heavy atom. The molecule has 0 bridgehead atoms. The molecule has 4 rings (SSSR count). The quantitative estimate of drug-likeness (QED) is 0.634. The summed E-state index contributed by atoms with van der Waals surface area (Å²) in [6, 6.07) is 13.2. The zero-order valence-corrected chi connectivity index (χ0v) is 17.4. The molecule has 2 heterocycles. The molecule has 0 aliphatic carbocycles. The number of hydrogen-bond acceptors (Lipinski definition) is 6. The molecule has 1 aromatic heterocycles. The molecule has 30 heavy (non-hydrogen) atoms. The van der Waals surface area contributed by atoms with Crippen LogP contribution in [0.15, 0.2) is 47.0 Å². The minimum Gasteiger partial charge on any atom is -0.493 e. The van der Waals surface area contributed by atoms with Crippen molar-refractivity contribution in [1.82, 2.24) is 15.0 Å². The number of amides is 1. The number of methoxy groups -OCH3 is 2. The van der Waals surface area contributed by atoms with Crippen LogP contribution in [0.25, 0.3) is 11.4 Å². The van der Waals surface area contributed by atoms with Crippen LogP contribution in [0.1, 0.15) is 40.6 Å². The van der Waals surface area contributed by atoms with Crippen molar-refractivity contribution in [2.24, 2.45) is 0 Å². The van der Waals surface area contributed by atoms with E-state index in [-0.39, 0.29) is 11.8 Å². The third-order valence-corrected chi connectivity index (χ3v) is 5.52. The molecule has 7 heteroatoms. The standard InChI is InChI=1S/C23H25N3O4/c1-15-7-4-5-9-18(15)23(27)26-12-6-8-17(14-26)22-24-21(25-30-22)16-10-11-19(28-2)20(13-16)29-3/h4-5,7,9-11,13,17H,6,8,12,14H2,1-3H3. The van der Waals surface area contributed by atoms with Gasteiger partial charge in [-0.15, -0.1) is 0 Å². The molecule has 0 radical (unpaired) electrons. The maximum atomic E-state index is 13.0. The first-order chi connectivity index (χ1) is 14.6. The van der Waals surface area contributed by atoms with Gasteiger partial charge in [-0.25, -0.2) is 0 Å². The lowest BCUT2D eigenvalue weighted by Gasteiger charge is -2.31. The topological polar surface area (TPSA) is 77.7 Å². The SMILES string of the molecule is COc1ccc(-c2noc(C3CCCN(C(=O)c4ccccc4C)C3)n2)cc1OC. The summed E-state index contributed by atoms with van der Waals surface area (Å²) >= 11 is 0. The van der Waals surface area contributed by atoms with Crippen molar-refractivity contribution >= 4 is 5.91 Å². The van der Waals surface area contributed by atoms with E-state index >= 15 is 0 Å². The van der Waals surface area contributed by atoms with Gasteiger partial charge in [-0.3, -0.25) is 4.79 Å². The lowest BCUT2D eigenvalue weighted by molar-refractivity contribution is 0.0695. The Labute approximate surface area is 175 Å². The second-order valence-electron chi connectivity index (χ2n) is 7.43. The highest BCUT2D eigenvalue weighted by Gasteiger charge is 2.29. The van der Waals surface area contributed by atoms with Crippen molar-refractivity contribution in [3.8, 4) is 22.9 Å². The lowest BCUT2D eigenvalue weighted by atomic mass is 9.96. The van der Waals surface area contributed by atoms with Crippen molar-refractivity contribution in [3.63, 3.8) is 0 Å².